The molecule has 2 saturated heterocycles. The van der Waals surface area contributed by atoms with Gasteiger partial charge in [0, 0.05) is 38.2 Å². The lowest BCUT2D eigenvalue weighted by Crippen LogP contribution is -2.51. The first-order valence-electron chi connectivity index (χ1n) is 7.66. The number of pyridine rings is 1. The van der Waals surface area contributed by atoms with E-state index in [-0.39, 0.29) is 18.1 Å². The van der Waals surface area contributed by atoms with Gasteiger partial charge in [-0.25, -0.2) is 15.0 Å². The van der Waals surface area contributed by atoms with Gasteiger partial charge in [-0.3, -0.25) is 4.79 Å². The number of hydrogen-bond donors (Lipinski definition) is 0. The highest BCUT2D eigenvalue weighted by atomic mass is 16.5. The summed E-state index contributed by atoms with van der Waals surface area (Å²) in [6.07, 6.45) is 6.33. The second-order valence-electron chi connectivity index (χ2n) is 5.70. The number of rotatable bonds is 2. The minimum Gasteiger partial charge on any atom is -0.372 e. The first-order valence-corrected chi connectivity index (χ1v) is 7.66. The number of likely N-dealkylation sites (tertiary alicyclic amines) is 1. The van der Waals surface area contributed by atoms with E-state index in [1.165, 1.54) is 6.33 Å². The van der Waals surface area contributed by atoms with Crippen LogP contribution in [-0.4, -0.2) is 64.1 Å². The van der Waals surface area contributed by atoms with Crippen LogP contribution in [0.3, 0.4) is 0 Å². The average molecular weight is 311 g/mol. The Morgan fingerprint density at radius 3 is 2.87 bits per heavy atom. The van der Waals surface area contributed by atoms with Crippen molar-refractivity contribution in [3.05, 3.63) is 48.7 Å². The zero-order chi connectivity index (χ0) is 15.6. The van der Waals surface area contributed by atoms with E-state index in [0.717, 1.165) is 12.4 Å². The third-order valence-electron chi connectivity index (χ3n) is 4.34. The molecule has 23 heavy (non-hydrogen) atoms. The molecule has 7 heteroatoms. The largest absolute Gasteiger partial charge is 0.372 e. The summed E-state index contributed by atoms with van der Waals surface area (Å²) < 4.78 is 5.88. The lowest BCUT2D eigenvalue weighted by Gasteiger charge is -2.37. The lowest BCUT2D eigenvalue weighted by molar-refractivity contribution is 0.0299. The van der Waals surface area contributed by atoms with Gasteiger partial charge in [0.1, 0.15) is 12.1 Å². The molecular weight excluding hydrogens is 294 g/mol. The molecule has 0 spiro atoms. The monoisotopic (exact) mass is 311 g/mol. The normalized spacial score (nSPS) is 23.7. The van der Waals surface area contributed by atoms with Crippen molar-refractivity contribution in [3.63, 3.8) is 0 Å². The van der Waals surface area contributed by atoms with E-state index < -0.39 is 0 Å². The van der Waals surface area contributed by atoms with E-state index in [0.29, 0.717) is 25.3 Å². The average Bonchev–Trinajstić information content (AvgIpc) is 3.06. The molecule has 0 aliphatic carbocycles. The van der Waals surface area contributed by atoms with Gasteiger partial charge in [0.05, 0.1) is 24.3 Å². The highest BCUT2D eigenvalue weighted by Crippen LogP contribution is 2.27. The number of ether oxygens (including phenoxy) is 1. The molecule has 2 aromatic heterocycles. The van der Waals surface area contributed by atoms with Gasteiger partial charge in [0.15, 0.2) is 0 Å². The van der Waals surface area contributed by atoms with Gasteiger partial charge < -0.3 is 14.5 Å². The third-order valence-corrected chi connectivity index (χ3v) is 4.34. The molecule has 0 saturated carbocycles. The number of morpholine rings is 1. The Balaban J connectivity index is 1.54. The Morgan fingerprint density at radius 1 is 1.22 bits per heavy atom. The van der Waals surface area contributed by atoms with Gasteiger partial charge in [0.25, 0.3) is 5.91 Å². The molecule has 2 fully saturated rings. The first-order chi connectivity index (χ1) is 11.3. The fourth-order valence-corrected chi connectivity index (χ4v) is 3.25. The highest BCUT2D eigenvalue weighted by Gasteiger charge is 2.42. The van der Waals surface area contributed by atoms with Crippen molar-refractivity contribution in [1.82, 2.24) is 19.9 Å². The van der Waals surface area contributed by atoms with Crippen molar-refractivity contribution in [2.75, 3.05) is 31.1 Å². The molecule has 2 aliphatic heterocycles. The summed E-state index contributed by atoms with van der Waals surface area (Å²) in [5.74, 6) is 0.882. The van der Waals surface area contributed by atoms with Gasteiger partial charge in [0.2, 0.25) is 0 Å². The maximum absolute atomic E-state index is 12.6. The molecule has 0 unspecified atom stereocenters. The smallest absolute Gasteiger partial charge is 0.257 e. The maximum atomic E-state index is 12.6. The SMILES string of the molecule is O=C(c1cncnc1)N1C[C@@H]2OCCN(c3ccccn3)[C@H]2C1. The molecule has 1 amide bonds. The number of carbonyl (C=O) groups is 1. The van der Waals surface area contributed by atoms with Crippen molar-refractivity contribution in [3.8, 4) is 0 Å². The fraction of sp³-hybridized carbons (Fsp3) is 0.375. The molecule has 2 aromatic rings. The Bertz CT molecular complexity index is 681. The molecule has 0 bridgehead atoms. The molecule has 4 heterocycles. The lowest BCUT2D eigenvalue weighted by atomic mass is 10.1. The Hall–Kier alpha value is -2.54. The Kier molecular flexibility index (Phi) is 3.63. The van der Waals surface area contributed by atoms with Crippen LogP contribution < -0.4 is 4.90 Å². The number of carbonyl (C=O) groups excluding carboxylic acids is 1. The summed E-state index contributed by atoms with van der Waals surface area (Å²) >= 11 is 0. The van der Waals surface area contributed by atoms with Crippen LogP contribution in [0.2, 0.25) is 0 Å². The summed E-state index contributed by atoms with van der Waals surface area (Å²) in [5.41, 5.74) is 0.510. The van der Waals surface area contributed by atoms with E-state index in [2.05, 4.69) is 19.9 Å². The van der Waals surface area contributed by atoms with E-state index in [4.69, 9.17) is 4.74 Å². The van der Waals surface area contributed by atoms with Crippen LogP contribution in [0.15, 0.2) is 43.1 Å². The molecule has 0 N–H and O–H groups in total. The zero-order valence-electron chi connectivity index (χ0n) is 12.6. The van der Waals surface area contributed by atoms with Gasteiger partial charge in [-0.05, 0) is 12.1 Å². The standard InChI is InChI=1S/C16H17N5O2/c22-16(12-7-17-11-18-8-12)20-9-13-14(10-20)23-6-5-21(13)15-3-1-2-4-19-15/h1-4,7-8,11,13-14H,5-6,9-10H2/t13-,14-/m0/s1. The second-order valence-corrected chi connectivity index (χ2v) is 5.70. The van der Waals surface area contributed by atoms with Crippen LogP contribution in [0.1, 0.15) is 10.4 Å². The van der Waals surface area contributed by atoms with Gasteiger partial charge in [-0.15, -0.1) is 0 Å². The second kappa shape index (κ2) is 5.92. The van der Waals surface area contributed by atoms with E-state index >= 15 is 0 Å². The quantitative estimate of drug-likeness (QED) is 0.809. The van der Waals surface area contributed by atoms with Crippen molar-refractivity contribution >= 4 is 11.7 Å². The predicted molar refractivity (Wildman–Crippen MR) is 83.0 cm³/mol. The van der Waals surface area contributed by atoms with Crippen LogP contribution in [-0.2, 0) is 4.74 Å². The number of anilines is 1. The zero-order valence-corrected chi connectivity index (χ0v) is 12.6. The number of aromatic nitrogens is 3. The molecule has 2 atom stereocenters. The van der Waals surface area contributed by atoms with E-state index in [9.17, 15) is 4.79 Å². The summed E-state index contributed by atoms with van der Waals surface area (Å²) in [7, 11) is 0. The number of nitrogens with zero attached hydrogens (tertiary/aromatic N) is 5. The molecule has 0 radical (unpaired) electrons. The van der Waals surface area contributed by atoms with E-state index in [1.54, 1.807) is 18.6 Å². The summed E-state index contributed by atoms with van der Waals surface area (Å²) in [4.78, 5) is 28.9. The van der Waals surface area contributed by atoms with Crippen molar-refractivity contribution in [2.24, 2.45) is 0 Å². The van der Waals surface area contributed by atoms with Crippen molar-refractivity contribution in [2.45, 2.75) is 12.1 Å². The van der Waals surface area contributed by atoms with E-state index in [1.807, 2.05) is 23.1 Å². The summed E-state index contributed by atoms with van der Waals surface area (Å²) in [6.45, 7) is 2.64. The van der Waals surface area contributed by atoms with Gasteiger partial charge in [-0.1, -0.05) is 6.07 Å². The van der Waals surface area contributed by atoms with Crippen LogP contribution in [0.4, 0.5) is 5.82 Å². The summed E-state index contributed by atoms with van der Waals surface area (Å²) in [5, 5.41) is 0. The molecule has 2 aliphatic rings. The maximum Gasteiger partial charge on any atom is 0.257 e. The Morgan fingerprint density at radius 2 is 2.09 bits per heavy atom. The molecule has 4 rings (SSSR count). The fourth-order valence-electron chi connectivity index (χ4n) is 3.25. The number of hydrogen-bond acceptors (Lipinski definition) is 6. The van der Waals surface area contributed by atoms with Crippen LogP contribution in [0, 0.1) is 0 Å². The topological polar surface area (TPSA) is 71.5 Å². The molecule has 118 valence electrons. The first kappa shape index (κ1) is 14.1. The van der Waals surface area contributed by atoms with Crippen LogP contribution >= 0.6 is 0 Å². The van der Waals surface area contributed by atoms with Crippen LogP contribution in [0.5, 0.6) is 0 Å². The minimum atomic E-state index is -0.0513. The molecule has 0 aromatic carbocycles. The van der Waals surface area contributed by atoms with Crippen molar-refractivity contribution < 1.29 is 9.53 Å². The number of amides is 1. The predicted octanol–water partition coefficient (Wildman–Crippen LogP) is 0.601. The van der Waals surface area contributed by atoms with Gasteiger partial charge in [-0.2, -0.15) is 0 Å². The van der Waals surface area contributed by atoms with Crippen molar-refractivity contribution in [1.29, 1.82) is 0 Å². The molecule has 7 nitrogen and oxygen atoms in total. The summed E-state index contributed by atoms with van der Waals surface area (Å²) in [6, 6.07) is 6.01. The highest BCUT2D eigenvalue weighted by molar-refractivity contribution is 5.93. The minimum absolute atomic E-state index is 0.0133. The molecular formula is C16H17N5O2. The van der Waals surface area contributed by atoms with Crippen LogP contribution in [0.25, 0.3) is 0 Å². The number of fused-ring (bicyclic) bond motifs is 1. The van der Waals surface area contributed by atoms with Gasteiger partial charge >= 0.3 is 0 Å². The Labute approximate surface area is 133 Å². The third kappa shape index (κ3) is 2.63.